The molecule has 1 aromatic rings. The molecule has 5 nitrogen and oxygen atoms in total. The van der Waals surface area contributed by atoms with Gasteiger partial charge in [0.2, 0.25) is 0 Å². The van der Waals surface area contributed by atoms with Crippen molar-refractivity contribution >= 4 is 28.9 Å². The third-order valence-electron chi connectivity index (χ3n) is 1.82. The molecule has 0 radical (unpaired) electrons. The van der Waals surface area contributed by atoms with Crippen molar-refractivity contribution in [3.63, 3.8) is 0 Å². The number of rotatable bonds is 5. The molecule has 1 heterocycles. The van der Waals surface area contributed by atoms with E-state index in [0.717, 1.165) is 0 Å². The fourth-order valence-corrected chi connectivity index (χ4v) is 1.57. The van der Waals surface area contributed by atoms with Gasteiger partial charge in [-0.3, -0.25) is 10.1 Å². The molecule has 0 amide bonds. The van der Waals surface area contributed by atoms with Gasteiger partial charge in [0.1, 0.15) is 17.7 Å². The average molecular weight is 250 g/mol. The lowest BCUT2D eigenvalue weighted by Crippen LogP contribution is -2.06. The van der Waals surface area contributed by atoms with Crippen molar-refractivity contribution in [1.29, 1.82) is 0 Å². The molecule has 0 saturated heterocycles. The number of nitrogens with zero attached hydrogens (tertiary/aromatic N) is 3. The van der Waals surface area contributed by atoms with E-state index in [1.54, 1.807) is 0 Å². The Balaban J connectivity index is 3.15. The fourth-order valence-electron chi connectivity index (χ4n) is 1.21. The van der Waals surface area contributed by atoms with E-state index in [1.165, 1.54) is 6.33 Å². The maximum Gasteiger partial charge on any atom is 0.312 e. The minimum atomic E-state index is -0.482. The maximum atomic E-state index is 10.8. The van der Waals surface area contributed by atoms with Crippen molar-refractivity contribution in [3.8, 4) is 0 Å². The largest absolute Gasteiger partial charge is 0.312 e. The number of hydrogen-bond donors (Lipinski definition) is 0. The zero-order chi connectivity index (χ0) is 11.3. The van der Waals surface area contributed by atoms with Gasteiger partial charge in [-0.1, -0.05) is 0 Å². The zero-order valence-corrected chi connectivity index (χ0v) is 9.33. The highest BCUT2D eigenvalue weighted by atomic mass is 35.5. The summed E-state index contributed by atoms with van der Waals surface area (Å²) in [6.07, 6.45) is 2.02. The molecule has 0 bridgehead atoms. The number of alkyl halides is 2. The molecule has 1 rings (SSSR count). The summed E-state index contributed by atoms with van der Waals surface area (Å²) in [4.78, 5) is 18.1. The van der Waals surface area contributed by atoms with Gasteiger partial charge in [-0.15, -0.1) is 23.2 Å². The molecule has 0 N–H and O–H groups in total. The lowest BCUT2D eigenvalue weighted by atomic mass is 10.2. The number of halogens is 2. The van der Waals surface area contributed by atoms with Crippen LogP contribution in [-0.4, -0.2) is 26.7 Å². The second-order valence-corrected chi connectivity index (χ2v) is 3.51. The summed E-state index contributed by atoms with van der Waals surface area (Å²) >= 11 is 11.1. The topological polar surface area (TPSA) is 68.9 Å². The Labute approximate surface area is 96.6 Å². The van der Waals surface area contributed by atoms with Gasteiger partial charge < -0.3 is 0 Å². The molecule has 0 aliphatic rings. The second-order valence-electron chi connectivity index (χ2n) is 2.75. The zero-order valence-electron chi connectivity index (χ0n) is 7.82. The van der Waals surface area contributed by atoms with Crippen LogP contribution in [0.3, 0.4) is 0 Å². The van der Waals surface area contributed by atoms with Gasteiger partial charge in [0.15, 0.2) is 0 Å². The molecule has 0 saturated carbocycles. The van der Waals surface area contributed by atoms with Crippen LogP contribution in [0.1, 0.15) is 11.4 Å². The Hall–Kier alpha value is -0.940. The first-order chi connectivity index (χ1) is 7.20. The van der Waals surface area contributed by atoms with Gasteiger partial charge in [-0.05, 0) is 0 Å². The van der Waals surface area contributed by atoms with E-state index in [-0.39, 0.29) is 17.4 Å². The summed E-state index contributed by atoms with van der Waals surface area (Å²) in [5.74, 6) is 0.580. The van der Waals surface area contributed by atoms with E-state index in [2.05, 4.69) is 9.97 Å². The van der Waals surface area contributed by atoms with Gasteiger partial charge >= 0.3 is 5.69 Å². The molecule has 7 heteroatoms. The highest BCUT2D eigenvalue weighted by molar-refractivity contribution is 6.18. The van der Waals surface area contributed by atoms with Gasteiger partial charge in [0, 0.05) is 24.6 Å². The van der Waals surface area contributed by atoms with Gasteiger partial charge in [-0.2, -0.15) is 0 Å². The van der Waals surface area contributed by atoms with Crippen LogP contribution in [0.5, 0.6) is 0 Å². The summed E-state index contributed by atoms with van der Waals surface area (Å²) in [5.41, 5.74) is 0.675. The normalized spacial score (nSPS) is 10.3. The van der Waals surface area contributed by atoms with Crippen molar-refractivity contribution in [2.45, 2.75) is 12.8 Å². The van der Waals surface area contributed by atoms with Crippen molar-refractivity contribution in [1.82, 2.24) is 9.97 Å². The lowest BCUT2D eigenvalue weighted by molar-refractivity contribution is -0.386. The van der Waals surface area contributed by atoms with E-state index in [9.17, 15) is 10.1 Å². The molecule has 0 aromatic carbocycles. The molecule has 0 unspecified atom stereocenters. The molecule has 1 aromatic heterocycles. The standard InChI is InChI=1S/C8H9Cl2N3O2/c9-3-1-6-8(13(14)15)7(2-4-10)12-5-11-6/h5H,1-4H2. The third-order valence-corrected chi connectivity index (χ3v) is 2.20. The monoisotopic (exact) mass is 249 g/mol. The summed E-state index contributed by atoms with van der Waals surface area (Å²) in [6.45, 7) is 0. The van der Waals surface area contributed by atoms with Crippen LogP contribution in [-0.2, 0) is 12.8 Å². The molecule has 82 valence electrons. The van der Waals surface area contributed by atoms with Crippen molar-refractivity contribution < 1.29 is 4.92 Å². The molecular formula is C8H9Cl2N3O2. The van der Waals surface area contributed by atoms with E-state index in [1.807, 2.05) is 0 Å². The Kier molecular flexibility index (Phi) is 4.71. The van der Waals surface area contributed by atoms with Gasteiger partial charge in [0.05, 0.1) is 4.92 Å². The summed E-state index contributed by atoms with van der Waals surface area (Å²) < 4.78 is 0. The van der Waals surface area contributed by atoms with Crippen LogP contribution in [0.4, 0.5) is 5.69 Å². The first-order valence-corrected chi connectivity index (χ1v) is 5.36. The first kappa shape index (κ1) is 12.1. The molecule has 0 aliphatic carbocycles. The predicted molar refractivity (Wildman–Crippen MR) is 57.5 cm³/mol. The average Bonchev–Trinajstić information content (AvgIpc) is 2.18. The SMILES string of the molecule is O=[N+]([O-])c1c(CCCl)ncnc1CCCl. The summed E-state index contributed by atoms with van der Waals surface area (Å²) in [7, 11) is 0. The van der Waals surface area contributed by atoms with E-state index >= 15 is 0 Å². The van der Waals surface area contributed by atoms with Crippen LogP contribution in [0.2, 0.25) is 0 Å². The molecular weight excluding hydrogens is 241 g/mol. The van der Waals surface area contributed by atoms with Gasteiger partial charge in [0.25, 0.3) is 0 Å². The van der Waals surface area contributed by atoms with E-state index in [4.69, 9.17) is 23.2 Å². The highest BCUT2D eigenvalue weighted by Gasteiger charge is 2.21. The van der Waals surface area contributed by atoms with Crippen LogP contribution >= 0.6 is 23.2 Å². The Bertz CT molecular complexity index is 335. The lowest BCUT2D eigenvalue weighted by Gasteiger charge is -2.03. The van der Waals surface area contributed by atoms with Gasteiger partial charge in [-0.25, -0.2) is 9.97 Å². The Morgan fingerprint density at radius 1 is 1.20 bits per heavy atom. The number of nitro groups is 1. The molecule has 0 aliphatic heterocycles. The minimum absolute atomic E-state index is 0.0567. The Morgan fingerprint density at radius 3 is 2.00 bits per heavy atom. The van der Waals surface area contributed by atoms with E-state index in [0.29, 0.717) is 24.2 Å². The molecule has 0 atom stereocenters. The minimum Gasteiger partial charge on any atom is -0.258 e. The second kappa shape index (κ2) is 5.82. The molecule has 15 heavy (non-hydrogen) atoms. The summed E-state index contributed by atoms with van der Waals surface area (Å²) in [6, 6.07) is 0. The quantitative estimate of drug-likeness (QED) is 0.455. The Morgan fingerprint density at radius 2 is 1.67 bits per heavy atom. The van der Waals surface area contributed by atoms with Crippen molar-refractivity contribution in [3.05, 3.63) is 27.8 Å². The van der Waals surface area contributed by atoms with Crippen LogP contribution in [0.15, 0.2) is 6.33 Å². The highest BCUT2D eigenvalue weighted by Crippen LogP contribution is 2.21. The first-order valence-electron chi connectivity index (χ1n) is 4.29. The predicted octanol–water partition coefficient (Wildman–Crippen LogP) is 1.95. The van der Waals surface area contributed by atoms with Crippen molar-refractivity contribution in [2.24, 2.45) is 0 Å². The van der Waals surface area contributed by atoms with E-state index < -0.39 is 4.92 Å². The third kappa shape index (κ3) is 3.00. The number of aryl methyl sites for hydroxylation is 2. The number of aromatic nitrogens is 2. The molecule has 0 fully saturated rings. The smallest absolute Gasteiger partial charge is 0.258 e. The summed E-state index contributed by atoms with van der Waals surface area (Å²) in [5, 5.41) is 10.8. The fraction of sp³-hybridized carbons (Fsp3) is 0.500. The number of hydrogen-bond acceptors (Lipinski definition) is 4. The maximum absolute atomic E-state index is 10.8. The molecule has 0 spiro atoms. The van der Waals surface area contributed by atoms with Crippen LogP contribution in [0.25, 0.3) is 0 Å². The van der Waals surface area contributed by atoms with Crippen molar-refractivity contribution in [2.75, 3.05) is 11.8 Å². The van der Waals surface area contributed by atoms with Crippen LogP contribution in [0, 0.1) is 10.1 Å². The van der Waals surface area contributed by atoms with Crippen LogP contribution < -0.4 is 0 Å².